The molecule has 1 aromatic carbocycles. The van der Waals surface area contributed by atoms with E-state index in [2.05, 4.69) is 39.7 Å². The highest BCUT2D eigenvalue weighted by molar-refractivity contribution is 8.27. The van der Waals surface area contributed by atoms with Crippen molar-refractivity contribution in [2.75, 3.05) is 6.61 Å². The van der Waals surface area contributed by atoms with Crippen LogP contribution in [0, 0.1) is 0 Å². The quantitative estimate of drug-likeness (QED) is 0.898. The Bertz CT molecular complexity index is 506. The Morgan fingerprint density at radius 3 is 2.94 bits per heavy atom. The number of rotatable bonds is 4. The highest BCUT2D eigenvalue weighted by Crippen LogP contribution is 2.32. The molecule has 1 N–H and O–H groups in total. The van der Waals surface area contributed by atoms with Crippen molar-refractivity contribution in [1.82, 2.24) is 0 Å². The Morgan fingerprint density at radius 1 is 1.44 bits per heavy atom. The predicted octanol–water partition coefficient (Wildman–Crippen LogP) is 2.34. The Balaban J connectivity index is 1.97. The van der Waals surface area contributed by atoms with Gasteiger partial charge in [0.2, 0.25) is 0 Å². The fourth-order valence-electron chi connectivity index (χ4n) is 1.86. The fourth-order valence-corrected chi connectivity index (χ4v) is 2.37. The normalized spacial score (nSPS) is 21.7. The van der Waals surface area contributed by atoms with Gasteiger partial charge in [0.05, 0.1) is 6.61 Å². The molecule has 2 unspecified atom stereocenters. The highest BCUT2D eigenvalue weighted by atomic mass is 32.9. The number of benzene rings is 1. The molecule has 1 aromatic rings. The minimum absolute atomic E-state index is 0.197. The summed E-state index contributed by atoms with van der Waals surface area (Å²) >= 11 is 4.25. The van der Waals surface area contributed by atoms with E-state index in [1.165, 1.54) is 11.1 Å². The summed E-state index contributed by atoms with van der Waals surface area (Å²) in [6, 6.07) is 8.09. The van der Waals surface area contributed by atoms with Gasteiger partial charge >= 0.3 is 0 Å². The van der Waals surface area contributed by atoms with E-state index in [-0.39, 0.29) is 12.5 Å². The van der Waals surface area contributed by atoms with E-state index < -0.39 is 9.05 Å². The smallest absolute Gasteiger partial charge is 0.266 e. The molecule has 0 saturated carbocycles. The summed E-state index contributed by atoms with van der Waals surface area (Å²) in [5.41, 5.74) is 2.44. The molecule has 1 aliphatic carbocycles. The first-order valence-electron chi connectivity index (χ1n) is 4.95. The van der Waals surface area contributed by atoms with Gasteiger partial charge in [-0.1, -0.05) is 36.4 Å². The van der Waals surface area contributed by atoms with Gasteiger partial charge in [-0.3, -0.25) is 8.74 Å². The summed E-state index contributed by atoms with van der Waals surface area (Å²) in [5, 5.41) is 0. The van der Waals surface area contributed by atoms with Gasteiger partial charge in [0, 0.05) is 17.1 Å². The van der Waals surface area contributed by atoms with Crippen LogP contribution in [0.25, 0.3) is 6.08 Å². The molecule has 0 aromatic heterocycles. The lowest BCUT2D eigenvalue weighted by Crippen LogP contribution is -2.06. The molecule has 2 rings (SSSR count). The lowest BCUT2D eigenvalue weighted by atomic mass is 9.98. The maximum Gasteiger partial charge on any atom is 0.266 e. The second-order valence-corrected chi connectivity index (χ2v) is 5.99. The Kier molecular flexibility index (Phi) is 3.39. The van der Waals surface area contributed by atoms with Gasteiger partial charge in [-0.2, -0.15) is 4.21 Å². The van der Waals surface area contributed by atoms with Gasteiger partial charge in [0.1, 0.15) is 0 Å². The lowest BCUT2D eigenvalue weighted by molar-refractivity contribution is 0.295. The molecule has 0 fully saturated rings. The SMILES string of the molecule is O=S(O)(=S)OCCC1C=Cc2ccccc21. The van der Waals surface area contributed by atoms with E-state index >= 15 is 0 Å². The van der Waals surface area contributed by atoms with Crippen molar-refractivity contribution in [3.63, 3.8) is 0 Å². The number of hydrogen-bond donors (Lipinski definition) is 1. The van der Waals surface area contributed by atoms with E-state index in [0.29, 0.717) is 6.42 Å². The van der Waals surface area contributed by atoms with Crippen molar-refractivity contribution in [1.29, 1.82) is 0 Å². The Morgan fingerprint density at radius 2 is 2.19 bits per heavy atom. The first-order valence-corrected chi connectivity index (χ1v) is 7.32. The van der Waals surface area contributed by atoms with Crippen molar-refractivity contribution in [2.45, 2.75) is 12.3 Å². The van der Waals surface area contributed by atoms with E-state index in [4.69, 9.17) is 4.55 Å². The van der Waals surface area contributed by atoms with Crippen LogP contribution in [0.15, 0.2) is 30.3 Å². The van der Waals surface area contributed by atoms with E-state index in [1.54, 1.807) is 0 Å². The van der Waals surface area contributed by atoms with Crippen molar-refractivity contribution < 1.29 is 12.9 Å². The Labute approximate surface area is 99.8 Å². The zero-order valence-corrected chi connectivity index (χ0v) is 10.2. The third-order valence-corrected chi connectivity index (χ3v) is 3.32. The first kappa shape index (κ1) is 11.7. The molecular formula is C11H12O3S2. The maximum atomic E-state index is 10.7. The average Bonchev–Trinajstić information content (AvgIpc) is 2.60. The Hall–Kier alpha value is -0.750. The summed E-state index contributed by atoms with van der Waals surface area (Å²) in [6.45, 7) is 0.197. The first-order chi connectivity index (χ1) is 7.56. The van der Waals surface area contributed by atoms with E-state index in [1.807, 2.05) is 12.1 Å². The second-order valence-electron chi connectivity index (χ2n) is 3.63. The summed E-state index contributed by atoms with van der Waals surface area (Å²) in [5.74, 6) is 0.257. The molecule has 0 heterocycles. The van der Waals surface area contributed by atoms with Crippen molar-refractivity contribution in [3.05, 3.63) is 41.5 Å². The standard InChI is InChI=1S/C11H12O3S2/c12-16(13,15)14-8-7-10-6-5-9-3-1-2-4-11(9)10/h1-6,10H,7-8H2,(H,12,13,15). The molecule has 0 radical (unpaired) electrons. The van der Waals surface area contributed by atoms with Gasteiger partial charge in [0.15, 0.2) is 0 Å². The summed E-state index contributed by atoms with van der Waals surface area (Å²) in [4.78, 5) is 0. The number of allylic oxidation sites excluding steroid dienone is 1. The molecule has 5 heteroatoms. The van der Waals surface area contributed by atoms with Crippen LogP contribution in [-0.2, 0) is 24.4 Å². The molecular weight excluding hydrogens is 244 g/mol. The summed E-state index contributed by atoms with van der Waals surface area (Å²) in [6.07, 6.45) is 4.81. The number of hydrogen-bond acceptors (Lipinski definition) is 3. The van der Waals surface area contributed by atoms with Crippen LogP contribution in [0.1, 0.15) is 23.5 Å². The molecule has 0 spiro atoms. The molecule has 16 heavy (non-hydrogen) atoms. The molecule has 86 valence electrons. The van der Waals surface area contributed by atoms with Crippen LogP contribution in [0.2, 0.25) is 0 Å². The van der Waals surface area contributed by atoms with Gasteiger partial charge in [-0.15, -0.1) is 0 Å². The van der Waals surface area contributed by atoms with E-state index in [9.17, 15) is 4.21 Å². The van der Waals surface area contributed by atoms with Crippen LogP contribution in [0.5, 0.6) is 0 Å². The molecule has 0 bridgehead atoms. The van der Waals surface area contributed by atoms with Crippen molar-refractivity contribution >= 4 is 26.3 Å². The van der Waals surface area contributed by atoms with Crippen LogP contribution in [0.4, 0.5) is 0 Å². The van der Waals surface area contributed by atoms with Crippen LogP contribution >= 0.6 is 0 Å². The fraction of sp³-hybridized carbons (Fsp3) is 0.273. The van der Waals surface area contributed by atoms with Crippen LogP contribution < -0.4 is 0 Å². The highest BCUT2D eigenvalue weighted by Gasteiger charge is 2.16. The third kappa shape index (κ3) is 2.89. The zero-order chi connectivity index (χ0) is 11.6. The second kappa shape index (κ2) is 4.63. The molecule has 1 aliphatic rings. The number of fused-ring (bicyclic) bond motifs is 1. The maximum absolute atomic E-state index is 10.7. The molecule has 0 amide bonds. The minimum atomic E-state index is -3.48. The lowest BCUT2D eigenvalue weighted by Gasteiger charge is -2.10. The van der Waals surface area contributed by atoms with Gasteiger partial charge in [-0.05, 0) is 17.5 Å². The summed E-state index contributed by atoms with van der Waals surface area (Å²) in [7, 11) is -3.48. The van der Waals surface area contributed by atoms with Gasteiger partial charge in [-0.25, -0.2) is 0 Å². The summed E-state index contributed by atoms with van der Waals surface area (Å²) < 4.78 is 24.2. The van der Waals surface area contributed by atoms with Crippen LogP contribution in [0.3, 0.4) is 0 Å². The monoisotopic (exact) mass is 256 g/mol. The largest absolute Gasteiger partial charge is 0.285 e. The van der Waals surface area contributed by atoms with Crippen molar-refractivity contribution in [3.8, 4) is 0 Å². The average molecular weight is 256 g/mol. The molecule has 3 nitrogen and oxygen atoms in total. The van der Waals surface area contributed by atoms with Crippen molar-refractivity contribution in [2.24, 2.45) is 0 Å². The van der Waals surface area contributed by atoms with Gasteiger partial charge in [0.25, 0.3) is 9.05 Å². The molecule has 0 saturated heterocycles. The zero-order valence-electron chi connectivity index (χ0n) is 8.54. The topological polar surface area (TPSA) is 46.5 Å². The minimum Gasteiger partial charge on any atom is -0.285 e. The molecule has 2 atom stereocenters. The molecule has 0 aliphatic heterocycles. The third-order valence-electron chi connectivity index (χ3n) is 2.56. The van der Waals surface area contributed by atoms with E-state index in [0.717, 1.165) is 0 Å². The van der Waals surface area contributed by atoms with Crippen LogP contribution in [-0.4, -0.2) is 15.4 Å². The van der Waals surface area contributed by atoms with Gasteiger partial charge < -0.3 is 0 Å². The predicted molar refractivity (Wildman–Crippen MR) is 66.9 cm³/mol.